The number of hydrogen-bond acceptors (Lipinski definition) is 2. The van der Waals surface area contributed by atoms with Gasteiger partial charge in [0, 0.05) is 18.0 Å². The summed E-state index contributed by atoms with van der Waals surface area (Å²) in [5.74, 6) is 1.01. The SMILES string of the molecule is CCc1sc(C(=O)N2CCC(C)CC2)cc1C. The molecule has 1 aliphatic heterocycles. The van der Waals surface area contributed by atoms with Crippen molar-refractivity contribution >= 4 is 17.2 Å². The van der Waals surface area contributed by atoms with E-state index in [1.54, 1.807) is 11.3 Å². The first-order chi connectivity index (χ1) is 8.11. The lowest BCUT2D eigenvalue weighted by Crippen LogP contribution is -2.37. The van der Waals surface area contributed by atoms with E-state index in [-0.39, 0.29) is 5.91 Å². The van der Waals surface area contributed by atoms with Crippen LogP contribution in [-0.2, 0) is 6.42 Å². The number of hydrogen-bond donors (Lipinski definition) is 0. The Morgan fingerprint density at radius 1 is 1.47 bits per heavy atom. The molecule has 0 bridgehead atoms. The summed E-state index contributed by atoms with van der Waals surface area (Å²) in [5, 5.41) is 0. The van der Waals surface area contributed by atoms with Crippen LogP contribution >= 0.6 is 11.3 Å². The number of piperidine rings is 1. The number of carbonyl (C=O) groups excluding carboxylic acids is 1. The van der Waals surface area contributed by atoms with Gasteiger partial charge in [0.1, 0.15) is 0 Å². The van der Waals surface area contributed by atoms with Gasteiger partial charge in [-0.2, -0.15) is 0 Å². The summed E-state index contributed by atoms with van der Waals surface area (Å²) < 4.78 is 0. The van der Waals surface area contributed by atoms with Crippen LogP contribution in [0.3, 0.4) is 0 Å². The van der Waals surface area contributed by atoms with Crippen LogP contribution in [0.4, 0.5) is 0 Å². The lowest BCUT2D eigenvalue weighted by Gasteiger charge is -2.29. The Balaban J connectivity index is 2.08. The average Bonchev–Trinajstić information content (AvgIpc) is 2.70. The summed E-state index contributed by atoms with van der Waals surface area (Å²) in [5.41, 5.74) is 1.27. The van der Waals surface area contributed by atoms with Crippen molar-refractivity contribution < 1.29 is 4.79 Å². The van der Waals surface area contributed by atoms with Gasteiger partial charge in [-0.3, -0.25) is 4.79 Å². The fourth-order valence-corrected chi connectivity index (χ4v) is 3.43. The molecule has 1 aromatic rings. The minimum Gasteiger partial charge on any atom is -0.338 e. The number of thiophene rings is 1. The second-order valence-electron chi connectivity index (χ2n) is 5.05. The molecule has 0 aliphatic carbocycles. The van der Waals surface area contributed by atoms with E-state index >= 15 is 0 Å². The third-order valence-electron chi connectivity index (χ3n) is 3.62. The molecule has 1 amide bonds. The molecule has 17 heavy (non-hydrogen) atoms. The summed E-state index contributed by atoms with van der Waals surface area (Å²) >= 11 is 1.67. The van der Waals surface area contributed by atoms with Crippen molar-refractivity contribution in [1.29, 1.82) is 0 Å². The van der Waals surface area contributed by atoms with Crippen molar-refractivity contribution in [2.45, 2.75) is 40.0 Å². The van der Waals surface area contributed by atoms with Gasteiger partial charge in [-0.05, 0) is 43.7 Å². The van der Waals surface area contributed by atoms with Crippen LogP contribution in [0.2, 0.25) is 0 Å². The molecule has 3 heteroatoms. The summed E-state index contributed by atoms with van der Waals surface area (Å²) in [7, 11) is 0. The third kappa shape index (κ3) is 2.71. The summed E-state index contributed by atoms with van der Waals surface area (Å²) in [6, 6.07) is 2.06. The minimum atomic E-state index is 0.240. The predicted octanol–water partition coefficient (Wildman–Crippen LogP) is 3.49. The lowest BCUT2D eigenvalue weighted by atomic mass is 9.99. The standard InChI is InChI=1S/C14H21NOS/c1-4-12-11(3)9-13(17-12)14(16)15-7-5-10(2)6-8-15/h9-10H,4-8H2,1-3H3. The highest BCUT2D eigenvalue weighted by Crippen LogP contribution is 2.25. The summed E-state index contributed by atoms with van der Waals surface area (Å²) in [6.07, 6.45) is 3.33. The van der Waals surface area contributed by atoms with Gasteiger partial charge in [-0.25, -0.2) is 0 Å². The zero-order valence-corrected chi connectivity index (χ0v) is 11.8. The van der Waals surface area contributed by atoms with Crippen LogP contribution < -0.4 is 0 Å². The number of amides is 1. The highest BCUT2D eigenvalue weighted by molar-refractivity contribution is 7.14. The van der Waals surface area contributed by atoms with Gasteiger partial charge >= 0.3 is 0 Å². The van der Waals surface area contributed by atoms with E-state index in [1.807, 2.05) is 4.90 Å². The van der Waals surface area contributed by atoms with E-state index in [0.29, 0.717) is 0 Å². The zero-order chi connectivity index (χ0) is 12.4. The Morgan fingerprint density at radius 3 is 2.65 bits per heavy atom. The lowest BCUT2D eigenvalue weighted by molar-refractivity contribution is 0.0702. The molecule has 0 atom stereocenters. The Kier molecular flexibility index (Phi) is 3.87. The van der Waals surface area contributed by atoms with Gasteiger partial charge in [0.15, 0.2) is 0 Å². The average molecular weight is 251 g/mol. The second kappa shape index (κ2) is 5.21. The van der Waals surface area contributed by atoms with Crippen LogP contribution in [0.5, 0.6) is 0 Å². The number of likely N-dealkylation sites (tertiary alicyclic amines) is 1. The maximum absolute atomic E-state index is 12.3. The van der Waals surface area contributed by atoms with Crippen LogP contribution in [-0.4, -0.2) is 23.9 Å². The molecule has 0 unspecified atom stereocenters. The minimum absolute atomic E-state index is 0.240. The molecular weight excluding hydrogens is 230 g/mol. The van der Waals surface area contributed by atoms with Gasteiger partial charge in [-0.1, -0.05) is 13.8 Å². The molecular formula is C14H21NOS. The maximum atomic E-state index is 12.3. The first-order valence-electron chi connectivity index (χ1n) is 6.50. The monoisotopic (exact) mass is 251 g/mol. The van der Waals surface area contributed by atoms with E-state index < -0.39 is 0 Å². The molecule has 1 aromatic heterocycles. The van der Waals surface area contributed by atoms with Crippen molar-refractivity contribution in [2.75, 3.05) is 13.1 Å². The largest absolute Gasteiger partial charge is 0.338 e. The molecule has 2 heterocycles. The molecule has 1 aliphatic rings. The van der Waals surface area contributed by atoms with E-state index in [0.717, 1.165) is 43.1 Å². The van der Waals surface area contributed by atoms with E-state index in [2.05, 4.69) is 26.8 Å². The molecule has 1 fully saturated rings. The van der Waals surface area contributed by atoms with E-state index in [4.69, 9.17) is 0 Å². The summed E-state index contributed by atoms with van der Waals surface area (Å²) in [6.45, 7) is 8.38. The van der Waals surface area contributed by atoms with Crippen molar-refractivity contribution in [2.24, 2.45) is 5.92 Å². The van der Waals surface area contributed by atoms with Gasteiger partial charge < -0.3 is 4.90 Å². The van der Waals surface area contributed by atoms with Crippen molar-refractivity contribution in [3.05, 3.63) is 21.4 Å². The number of nitrogens with zero attached hydrogens (tertiary/aromatic N) is 1. The topological polar surface area (TPSA) is 20.3 Å². The summed E-state index contributed by atoms with van der Waals surface area (Å²) in [4.78, 5) is 16.6. The van der Waals surface area contributed by atoms with Crippen LogP contribution in [0.1, 0.15) is 46.8 Å². The van der Waals surface area contributed by atoms with Crippen LogP contribution in [0.15, 0.2) is 6.07 Å². The predicted molar refractivity (Wildman–Crippen MR) is 72.7 cm³/mol. The number of carbonyl (C=O) groups is 1. The smallest absolute Gasteiger partial charge is 0.263 e. The Labute approximate surface area is 108 Å². The van der Waals surface area contributed by atoms with Crippen molar-refractivity contribution in [3.8, 4) is 0 Å². The Morgan fingerprint density at radius 2 is 2.12 bits per heavy atom. The quantitative estimate of drug-likeness (QED) is 0.788. The highest BCUT2D eigenvalue weighted by Gasteiger charge is 2.22. The van der Waals surface area contributed by atoms with E-state index in [9.17, 15) is 4.79 Å². The molecule has 2 nitrogen and oxygen atoms in total. The fraction of sp³-hybridized carbons (Fsp3) is 0.643. The normalized spacial score (nSPS) is 17.5. The van der Waals surface area contributed by atoms with E-state index in [1.165, 1.54) is 10.4 Å². The molecule has 0 saturated carbocycles. The van der Waals surface area contributed by atoms with Crippen molar-refractivity contribution in [1.82, 2.24) is 4.90 Å². The molecule has 0 aromatic carbocycles. The molecule has 2 rings (SSSR count). The van der Waals surface area contributed by atoms with Gasteiger partial charge in [0.05, 0.1) is 4.88 Å². The molecule has 94 valence electrons. The maximum Gasteiger partial charge on any atom is 0.263 e. The van der Waals surface area contributed by atoms with Gasteiger partial charge in [-0.15, -0.1) is 11.3 Å². The van der Waals surface area contributed by atoms with Crippen molar-refractivity contribution in [3.63, 3.8) is 0 Å². The zero-order valence-electron chi connectivity index (χ0n) is 11.0. The Bertz CT molecular complexity index is 402. The molecule has 0 N–H and O–H groups in total. The Hall–Kier alpha value is -0.830. The van der Waals surface area contributed by atoms with Gasteiger partial charge in [0.25, 0.3) is 5.91 Å². The number of aryl methyl sites for hydroxylation is 2. The van der Waals surface area contributed by atoms with Crippen LogP contribution in [0.25, 0.3) is 0 Å². The van der Waals surface area contributed by atoms with Gasteiger partial charge in [0.2, 0.25) is 0 Å². The molecule has 1 saturated heterocycles. The highest BCUT2D eigenvalue weighted by atomic mass is 32.1. The molecule has 0 spiro atoms. The van der Waals surface area contributed by atoms with Crippen LogP contribution in [0, 0.1) is 12.8 Å². The second-order valence-corrected chi connectivity index (χ2v) is 6.18. The first kappa shape index (κ1) is 12.6. The fourth-order valence-electron chi connectivity index (χ4n) is 2.34. The first-order valence-corrected chi connectivity index (χ1v) is 7.32. The third-order valence-corrected chi connectivity index (χ3v) is 4.99. The molecule has 0 radical (unpaired) electrons. The number of rotatable bonds is 2.